The predicted octanol–water partition coefficient (Wildman–Crippen LogP) is 0.458. The molecule has 0 bridgehead atoms. The van der Waals surface area contributed by atoms with Crippen LogP contribution >= 0.6 is 0 Å². The number of carbonyl (C=O) groups excluding carboxylic acids is 1. The lowest BCUT2D eigenvalue weighted by Gasteiger charge is -2.36. The molecule has 8 heteroatoms. The second kappa shape index (κ2) is 9.53. The monoisotopic (exact) mass is 386 g/mol. The van der Waals surface area contributed by atoms with Gasteiger partial charge in [-0.05, 0) is 24.3 Å². The summed E-state index contributed by atoms with van der Waals surface area (Å²) < 4.78 is 13.1. The van der Waals surface area contributed by atoms with Gasteiger partial charge in [-0.15, -0.1) is 0 Å². The van der Waals surface area contributed by atoms with Crippen LogP contribution < -0.4 is 10.6 Å². The molecule has 1 aromatic rings. The van der Waals surface area contributed by atoms with Crippen LogP contribution in [-0.2, 0) is 4.79 Å². The molecule has 0 aromatic heterocycles. The van der Waals surface area contributed by atoms with Gasteiger partial charge in [0.15, 0.2) is 0 Å². The van der Waals surface area contributed by atoms with Gasteiger partial charge in [0.05, 0.1) is 0 Å². The summed E-state index contributed by atoms with van der Waals surface area (Å²) >= 11 is 0. The Bertz CT molecular complexity index is 728. The second-order valence-electron chi connectivity index (χ2n) is 7.08. The lowest BCUT2D eigenvalue weighted by Crippen LogP contribution is -2.50. The topological polar surface area (TPSA) is 79.8 Å². The zero-order valence-corrected chi connectivity index (χ0v) is 16.1. The molecule has 7 nitrogen and oxygen atoms in total. The number of nitriles is 1. The maximum atomic E-state index is 13.1. The normalized spacial score (nSPS) is 18.9. The molecule has 1 aromatic carbocycles. The molecule has 28 heavy (non-hydrogen) atoms. The first kappa shape index (κ1) is 20.1. The minimum absolute atomic E-state index is 0.183. The highest BCUT2D eigenvalue weighted by Crippen LogP contribution is 2.17. The lowest BCUT2D eigenvalue weighted by atomic mass is 10.2. The van der Waals surface area contributed by atoms with E-state index in [4.69, 9.17) is 5.73 Å². The molecule has 2 aliphatic rings. The van der Waals surface area contributed by atoms with Crippen molar-refractivity contribution in [1.82, 2.24) is 14.7 Å². The van der Waals surface area contributed by atoms with Crippen molar-refractivity contribution in [2.24, 2.45) is 5.73 Å². The fraction of sp³-hybridized carbons (Fsp3) is 0.500. The van der Waals surface area contributed by atoms with Crippen molar-refractivity contribution >= 4 is 11.6 Å². The lowest BCUT2D eigenvalue weighted by molar-refractivity contribution is -0.128. The van der Waals surface area contributed by atoms with Crippen LogP contribution in [0.1, 0.15) is 0 Å². The summed E-state index contributed by atoms with van der Waals surface area (Å²) in [6, 6.07) is 8.54. The molecule has 0 radical (unpaired) electrons. The van der Waals surface area contributed by atoms with Gasteiger partial charge in [0.1, 0.15) is 17.5 Å². The third kappa shape index (κ3) is 5.00. The first-order chi connectivity index (χ1) is 13.6. The van der Waals surface area contributed by atoms with Gasteiger partial charge in [-0.2, -0.15) is 5.26 Å². The summed E-state index contributed by atoms with van der Waals surface area (Å²) in [5, 5.41) is 9.48. The number of anilines is 1. The SMILES string of the molecule is N#C/C(=C/N1CCN(c2ccc(F)cc2)CC1)C(=O)N1CCN(CCN)CC1. The molecule has 2 N–H and O–H groups in total. The highest BCUT2D eigenvalue weighted by Gasteiger charge is 2.24. The van der Waals surface area contributed by atoms with Crippen LogP contribution in [0.5, 0.6) is 0 Å². The molecule has 0 saturated carbocycles. The zero-order valence-electron chi connectivity index (χ0n) is 16.1. The number of carbonyl (C=O) groups is 1. The van der Waals surface area contributed by atoms with Gasteiger partial charge in [0.25, 0.3) is 5.91 Å². The molecule has 1 amide bonds. The van der Waals surface area contributed by atoms with E-state index in [2.05, 4.69) is 15.9 Å². The first-order valence-electron chi connectivity index (χ1n) is 9.69. The summed E-state index contributed by atoms with van der Waals surface area (Å²) in [6.45, 7) is 7.20. The van der Waals surface area contributed by atoms with Gasteiger partial charge in [-0.1, -0.05) is 0 Å². The quantitative estimate of drug-likeness (QED) is 0.585. The highest BCUT2D eigenvalue weighted by atomic mass is 19.1. The van der Waals surface area contributed by atoms with Crippen LogP contribution in [0.25, 0.3) is 0 Å². The molecule has 0 spiro atoms. The van der Waals surface area contributed by atoms with E-state index in [0.717, 1.165) is 38.4 Å². The van der Waals surface area contributed by atoms with Crippen LogP contribution in [0, 0.1) is 17.1 Å². The van der Waals surface area contributed by atoms with E-state index >= 15 is 0 Å². The Kier molecular flexibility index (Phi) is 6.85. The molecule has 0 aliphatic carbocycles. The molecule has 0 unspecified atom stereocenters. The van der Waals surface area contributed by atoms with Crippen molar-refractivity contribution in [2.45, 2.75) is 0 Å². The summed E-state index contributed by atoms with van der Waals surface area (Å²) in [5.74, 6) is -0.442. The van der Waals surface area contributed by atoms with Crippen molar-refractivity contribution in [1.29, 1.82) is 5.26 Å². The Morgan fingerprint density at radius 1 is 1.07 bits per heavy atom. The number of halogens is 1. The number of hydrogen-bond acceptors (Lipinski definition) is 6. The van der Waals surface area contributed by atoms with Gasteiger partial charge < -0.3 is 20.4 Å². The third-order valence-corrected chi connectivity index (χ3v) is 5.27. The van der Waals surface area contributed by atoms with Crippen LogP contribution in [-0.4, -0.2) is 86.1 Å². The zero-order chi connectivity index (χ0) is 19.9. The Morgan fingerprint density at radius 2 is 1.71 bits per heavy atom. The van der Waals surface area contributed by atoms with Crippen LogP contribution in [0.4, 0.5) is 10.1 Å². The fourth-order valence-electron chi connectivity index (χ4n) is 3.60. The molecule has 3 rings (SSSR count). The average Bonchev–Trinajstić information content (AvgIpc) is 2.73. The van der Waals surface area contributed by atoms with E-state index in [0.29, 0.717) is 32.7 Å². The number of amides is 1. The number of rotatable bonds is 5. The Hall–Kier alpha value is -2.63. The highest BCUT2D eigenvalue weighted by molar-refractivity contribution is 5.97. The standard InChI is InChI=1S/C20H27FN6O/c21-18-1-3-19(4-2-18)26-11-9-25(10-12-26)16-17(15-23)20(28)27-13-7-24(6-5-22)8-14-27/h1-4,16H,5-14,22H2/b17-16-. The summed E-state index contributed by atoms with van der Waals surface area (Å²) in [4.78, 5) is 20.9. The van der Waals surface area contributed by atoms with E-state index in [9.17, 15) is 14.4 Å². The maximum absolute atomic E-state index is 13.1. The Labute approximate surface area is 165 Å². The van der Waals surface area contributed by atoms with Gasteiger partial charge in [-0.25, -0.2) is 4.39 Å². The minimum Gasteiger partial charge on any atom is -0.373 e. The van der Waals surface area contributed by atoms with E-state index in [1.54, 1.807) is 23.2 Å². The first-order valence-corrected chi connectivity index (χ1v) is 9.69. The van der Waals surface area contributed by atoms with Crippen molar-refractivity contribution in [2.75, 3.05) is 70.3 Å². The minimum atomic E-state index is -0.244. The van der Waals surface area contributed by atoms with Gasteiger partial charge in [-0.3, -0.25) is 9.69 Å². The van der Waals surface area contributed by atoms with E-state index in [1.807, 2.05) is 4.90 Å². The second-order valence-corrected chi connectivity index (χ2v) is 7.08. The molecule has 0 atom stereocenters. The maximum Gasteiger partial charge on any atom is 0.266 e. The van der Waals surface area contributed by atoms with Crippen molar-refractivity contribution in [3.05, 3.63) is 41.9 Å². The third-order valence-electron chi connectivity index (χ3n) is 5.27. The van der Waals surface area contributed by atoms with Gasteiger partial charge in [0.2, 0.25) is 0 Å². The number of nitrogens with two attached hydrogens (primary N) is 1. The molecule has 2 saturated heterocycles. The van der Waals surface area contributed by atoms with Gasteiger partial charge in [0, 0.05) is 77.3 Å². The summed E-state index contributed by atoms with van der Waals surface area (Å²) in [7, 11) is 0. The van der Waals surface area contributed by atoms with Crippen LogP contribution in [0.3, 0.4) is 0 Å². The van der Waals surface area contributed by atoms with E-state index in [-0.39, 0.29) is 17.3 Å². The van der Waals surface area contributed by atoms with Gasteiger partial charge >= 0.3 is 0 Å². The number of nitrogens with zero attached hydrogens (tertiary/aromatic N) is 5. The smallest absolute Gasteiger partial charge is 0.266 e. The largest absolute Gasteiger partial charge is 0.373 e. The number of benzene rings is 1. The van der Waals surface area contributed by atoms with Crippen molar-refractivity contribution in [3.63, 3.8) is 0 Å². The Morgan fingerprint density at radius 3 is 2.29 bits per heavy atom. The molecular formula is C20H27FN6O. The molecule has 150 valence electrons. The average molecular weight is 386 g/mol. The molecular weight excluding hydrogens is 359 g/mol. The molecule has 2 fully saturated rings. The van der Waals surface area contributed by atoms with E-state index in [1.165, 1.54) is 12.1 Å². The van der Waals surface area contributed by atoms with E-state index < -0.39 is 0 Å². The number of hydrogen-bond donors (Lipinski definition) is 1. The van der Waals surface area contributed by atoms with Crippen molar-refractivity contribution in [3.8, 4) is 6.07 Å². The molecule has 2 heterocycles. The van der Waals surface area contributed by atoms with Crippen LogP contribution in [0.2, 0.25) is 0 Å². The summed E-state index contributed by atoms with van der Waals surface area (Å²) in [6.07, 6.45) is 1.69. The summed E-state index contributed by atoms with van der Waals surface area (Å²) in [5.41, 5.74) is 6.75. The molecule has 2 aliphatic heterocycles. The predicted molar refractivity (Wildman–Crippen MR) is 106 cm³/mol. The number of piperazine rings is 2. The fourth-order valence-corrected chi connectivity index (χ4v) is 3.60. The van der Waals surface area contributed by atoms with Crippen LogP contribution in [0.15, 0.2) is 36.0 Å². The Balaban J connectivity index is 1.54. The van der Waals surface area contributed by atoms with Crippen molar-refractivity contribution < 1.29 is 9.18 Å².